The number of amides is 1. The number of aliphatic imine (C=N–C) groups is 1. The predicted molar refractivity (Wildman–Crippen MR) is 128 cm³/mol. The Morgan fingerprint density at radius 2 is 1.97 bits per heavy atom. The van der Waals surface area contributed by atoms with Gasteiger partial charge in [0.25, 0.3) is 0 Å². The molecule has 2 aliphatic heterocycles. The van der Waals surface area contributed by atoms with Crippen molar-refractivity contribution in [3.63, 3.8) is 0 Å². The second-order valence-corrected chi connectivity index (χ2v) is 8.08. The van der Waals surface area contributed by atoms with Gasteiger partial charge in [-0.25, -0.2) is 9.98 Å². The number of hydrogen-bond donors (Lipinski definition) is 1. The van der Waals surface area contributed by atoms with Gasteiger partial charge in [-0.05, 0) is 17.5 Å². The summed E-state index contributed by atoms with van der Waals surface area (Å²) >= 11 is 1.67. The molecular formula is C20H27IN6OS. The fraction of sp³-hybridized carbons (Fsp3) is 0.450. The van der Waals surface area contributed by atoms with Crippen molar-refractivity contribution >= 4 is 52.3 Å². The van der Waals surface area contributed by atoms with Gasteiger partial charge in [-0.15, -0.1) is 35.3 Å². The Labute approximate surface area is 192 Å². The Bertz CT molecular complexity index is 835. The summed E-state index contributed by atoms with van der Waals surface area (Å²) < 4.78 is 0. The van der Waals surface area contributed by atoms with E-state index in [0.717, 1.165) is 55.4 Å². The van der Waals surface area contributed by atoms with Crippen LogP contribution in [0.15, 0.2) is 40.8 Å². The third-order valence-corrected chi connectivity index (χ3v) is 6.09. The molecule has 9 heteroatoms. The lowest BCUT2D eigenvalue weighted by molar-refractivity contribution is -0.128. The third-order valence-electron chi connectivity index (χ3n) is 5.25. The molecule has 0 atom stereocenters. The lowest BCUT2D eigenvalue weighted by Gasteiger charge is -2.35. The van der Waals surface area contributed by atoms with E-state index in [2.05, 4.69) is 38.0 Å². The number of rotatable bonds is 5. The van der Waals surface area contributed by atoms with Gasteiger partial charge >= 0.3 is 0 Å². The summed E-state index contributed by atoms with van der Waals surface area (Å²) in [5.41, 5.74) is 8.51. The monoisotopic (exact) mass is 526 g/mol. The maximum Gasteiger partial charge on any atom is 0.222 e. The van der Waals surface area contributed by atoms with Crippen LogP contribution in [-0.2, 0) is 17.9 Å². The molecule has 2 aliphatic rings. The summed E-state index contributed by atoms with van der Waals surface area (Å²) in [5.74, 6) is 0.850. The predicted octanol–water partition coefficient (Wildman–Crippen LogP) is 2.52. The molecule has 29 heavy (non-hydrogen) atoms. The van der Waals surface area contributed by atoms with Gasteiger partial charge in [0, 0.05) is 57.3 Å². The van der Waals surface area contributed by atoms with Gasteiger partial charge in [0.2, 0.25) is 5.91 Å². The van der Waals surface area contributed by atoms with Crippen LogP contribution in [0.1, 0.15) is 24.0 Å². The molecule has 0 radical (unpaired) electrons. The zero-order chi connectivity index (χ0) is 19.3. The minimum Gasteiger partial charge on any atom is -0.370 e. The van der Waals surface area contributed by atoms with Crippen LogP contribution in [0, 0.1) is 0 Å². The number of guanidine groups is 1. The zero-order valence-corrected chi connectivity index (χ0v) is 19.5. The van der Waals surface area contributed by atoms with Crippen molar-refractivity contribution in [1.29, 1.82) is 0 Å². The Morgan fingerprint density at radius 3 is 2.66 bits per heavy atom. The molecule has 156 valence electrons. The quantitative estimate of drug-likeness (QED) is 0.368. The van der Waals surface area contributed by atoms with Gasteiger partial charge in [0.15, 0.2) is 11.1 Å². The summed E-state index contributed by atoms with van der Waals surface area (Å²) in [4.78, 5) is 27.2. The second-order valence-electron chi connectivity index (χ2n) is 7.20. The normalized spacial score (nSPS) is 17.6. The van der Waals surface area contributed by atoms with Gasteiger partial charge in [-0.3, -0.25) is 4.79 Å². The number of carbonyl (C=O) groups excluding carboxylic acids is 1. The van der Waals surface area contributed by atoms with E-state index in [-0.39, 0.29) is 29.9 Å². The molecule has 2 N–H and O–H groups in total. The number of hydrogen-bond acceptors (Lipinski definition) is 5. The first-order chi connectivity index (χ1) is 13.7. The molecule has 3 heterocycles. The average Bonchev–Trinajstić information content (AvgIpc) is 3.39. The first kappa shape index (κ1) is 21.8. The van der Waals surface area contributed by atoms with Gasteiger partial charge < -0.3 is 20.4 Å². The van der Waals surface area contributed by atoms with Crippen LogP contribution >= 0.6 is 35.3 Å². The lowest BCUT2D eigenvalue weighted by atomic mass is 10.1. The molecule has 2 fully saturated rings. The smallest absolute Gasteiger partial charge is 0.222 e. The Hall–Kier alpha value is -1.88. The van der Waals surface area contributed by atoms with E-state index in [1.807, 2.05) is 22.5 Å². The standard InChI is InChI=1S/C20H26N6OS.HI/c21-19(24-8-10-25(11-9-24)20-22-6-12-28-20)23-14-16-3-1-4-17(13-16)15-26-7-2-5-18(26)27;/h1,3-4,6,12-13H,2,5,7-11,14-15H2,(H2,21,23);1H. The van der Waals surface area contributed by atoms with E-state index >= 15 is 0 Å². The molecule has 0 spiro atoms. The number of aromatic nitrogens is 1. The maximum atomic E-state index is 11.8. The van der Waals surface area contributed by atoms with Gasteiger partial charge in [0.1, 0.15) is 0 Å². The summed E-state index contributed by atoms with van der Waals surface area (Å²) in [6.45, 7) is 5.62. The molecule has 1 aromatic heterocycles. The molecule has 1 aromatic carbocycles. The topological polar surface area (TPSA) is 78.1 Å². The first-order valence-electron chi connectivity index (χ1n) is 9.74. The minimum absolute atomic E-state index is 0. The van der Waals surface area contributed by atoms with Crippen LogP contribution in [0.5, 0.6) is 0 Å². The van der Waals surface area contributed by atoms with E-state index in [9.17, 15) is 4.79 Å². The molecule has 2 aromatic rings. The molecule has 0 unspecified atom stereocenters. The van der Waals surface area contributed by atoms with Crippen molar-refractivity contribution in [2.24, 2.45) is 10.7 Å². The number of nitrogens with two attached hydrogens (primary N) is 1. The van der Waals surface area contributed by atoms with Crippen molar-refractivity contribution < 1.29 is 4.79 Å². The number of nitrogens with zero attached hydrogens (tertiary/aromatic N) is 5. The number of thiazole rings is 1. The number of piperazine rings is 1. The molecule has 4 rings (SSSR count). The summed E-state index contributed by atoms with van der Waals surface area (Å²) in [6, 6.07) is 8.29. The van der Waals surface area contributed by atoms with Crippen molar-refractivity contribution in [2.45, 2.75) is 25.9 Å². The average molecular weight is 526 g/mol. The first-order valence-corrected chi connectivity index (χ1v) is 10.6. The van der Waals surface area contributed by atoms with Crippen LogP contribution in [0.3, 0.4) is 0 Å². The number of carbonyl (C=O) groups is 1. The van der Waals surface area contributed by atoms with Crippen molar-refractivity contribution in [2.75, 3.05) is 37.6 Å². The fourth-order valence-electron chi connectivity index (χ4n) is 3.69. The summed E-state index contributed by atoms with van der Waals surface area (Å²) in [5, 5.41) is 3.08. The number of anilines is 1. The van der Waals surface area contributed by atoms with Crippen LogP contribution in [0.2, 0.25) is 0 Å². The highest BCUT2D eigenvalue weighted by molar-refractivity contribution is 14.0. The fourth-order valence-corrected chi connectivity index (χ4v) is 4.39. The van der Waals surface area contributed by atoms with Gasteiger partial charge in [-0.1, -0.05) is 24.3 Å². The molecule has 0 bridgehead atoms. The Kier molecular flexibility index (Phi) is 7.70. The molecule has 0 aliphatic carbocycles. The summed E-state index contributed by atoms with van der Waals surface area (Å²) in [6.07, 6.45) is 3.49. The van der Waals surface area contributed by atoms with E-state index in [0.29, 0.717) is 25.5 Å². The van der Waals surface area contributed by atoms with Crippen LogP contribution in [-0.4, -0.2) is 59.4 Å². The molecule has 1 amide bonds. The van der Waals surface area contributed by atoms with Crippen molar-refractivity contribution in [1.82, 2.24) is 14.8 Å². The van der Waals surface area contributed by atoms with Gasteiger partial charge in [-0.2, -0.15) is 0 Å². The van der Waals surface area contributed by atoms with Crippen LogP contribution < -0.4 is 10.6 Å². The number of halogens is 1. The highest BCUT2D eigenvalue weighted by Gasteiger charge is 2.21. The third kappa shape index (κ3) is 5.59. The SMILES string of the molecule is I.NC(=NCc1cccc(CN2CCCC2=O)c1)N1CCN(c2nccs2)CC1. The van der Waals surface area contributed by atoms with E-state index in [1.165, 1.54) is 0 Å². The number of benzene rings is 1. The highest BCUT2D eigenvalue weighted by Crippen LogP contribution is 2.19. The maximum absolute atomic E-state index is 11.8. The van der Waals surface area contributed by atoms with Crippen LogP contribution in [0.4, 0.5) is 5.13 Å². The molecular weight excluding hydrogens is 499 g/mol. The van der Waals surface area contributed by atoms with Crippen LogP contribution in [0.25, 0.3) is 0 Å². The highest BCUT2D eigenvalue weighted by atomic mass is 127. The zero-order valence-electron chi connectivity index (χ0n) is 16.4. The van der Waals surface area contributed by atoms with Crippen molar-refractivity contribution in [3.05, 3.63) is 47.0 Å². The molecule has 2 saturated heterocycles. The minimum atomic E-state index is 0. The van der Waals surface area contributed by atoms with Gasteiger partial charge in [0.05, 0.1) is 6.54 Å². The lowest BCUT2D eigenvalue weighted by Crippen LogP contribution is -2.51. The molecule has 7 nitrogen and oxygen atoms in total. The van der Waals surface area contributed by atoms with E-state index < -0.39 is 0 Å². The van der Waals surface area contributed by atoms with E-state index in [1.54, 1.807) is 11.3 Å². The van der Waals surface area contributed by atoms with Crippen molar-refractivity contribution in [3.8, 4) is 0 Å². The summed E-state index contributed by atoms with van der Waals surface area (Å²) in [7, 11) is 0. The second kappa shape index (κ2) is 10.2. The Morgan fingerprint density at radius 1 is 1.17 bits per heavy atom. The Balaban J connectivity index is 0.00000240. The molecule has 0 saturated carbocycles. The number of likely N-dealkylation sites (tertiary alicyclic amines) is 1. The van der Waals surface area contributed by atoms with E-state index in [4.69, 9.17) is 5.73 Å². The largest absolute Gasteiger partial charge is 0.370 e.